The second-order valence-electron chi connectivity index (χ2n) is 9.97. The molecule has 9 heteroatoms. The van der Waals surface area contributed by atoms with Gasteiger partial charge in [-0.2, -0.15) is 13.2 Å². The summed E-state index contributed by atoms with van der Waals surface area (Å²) in [7, 11) is 1.66. The van der Waals surface area contributed by atoms with Crippen molar-refractivity contribution in [3.63, 3.8) is 0 Å². The van der Waals surface area contributed by atoms with Gasteiger partial charge in [0.1, 0.15) is 5.75 Å². The van der Waals surface area contributed by atoms with Crippen molar-refractivity contribution in [3.8, 4) is 5.75 Å². The molecule has 1 aromatic rings. The lowest BCUT2D eigenvalue weighted by Gasteiger charge is -2.46. The zero-order valence-corrected chi connectivity index (χ0v) is 18.7. The number of hydrogen-bond acceptors (Lipinski definition) is 4. The summed E-state index contributed by atoms with van der Waals surface area (Å²) in [4.78, 5) is 27.5. The minimum Gasteiger partial charge on any atom is -0.493 e. The Morgan fingerprint density at radius 3 is 2.52 bits per heavy atom. The molecule has 1 aliphatic heterocycles. The Balaban J connectivity index is 1.52. The number of urea groups is 1. The number of fused-ring (bicyclic) bond motifs is 3. The van der Waals surface area contributed by atoms with Crippen LogP contribution in [-0.2, 0) is 21.5 Å². The first-order chi connectivity index (χ1) is 15.7. The number of nitrogens with zero attached hydrogens (tertiary/aromatic N) is 1. The van der Waals surface area contributed by atoms with E-state index in [0.717, 1.165) is 36.1 Å². The third-order valence-corrected chi connectivity index (χ3v) is 7.94. The topological polar surface area (TPSA) is 67.9 Å². The average molecular weight is 467 g/mol. The summed E-state index contributed by atoms with van der Waals surface area (Å²) < 4.78 is 50.2. The van der Waals surface area contributed by atoms with Crippen molar-refractivity contribution in [3.05, 3.63) is 29.3 Å². The molecular formula is C24H29F3N2O4. The van der Waals surface area contributed by atoms with E-state index in [-0.39, 0.29) is 6.10 Å². The molecule has 4 aliphatic rings. The Morgan fingerprint density at radius 2 is 1.88 bits per heavy atom. The van der Waals surface area contributed by atoms with Gasteiger partial charge in [0.05, 0.1) is 19.1 Å². The molecule has 1 heterocycles. The molecule has 5 rings (SSSR count). The van der Waals surface area contributed by atoms with Crippen LogP contribution in [0.4, 0.5) is 18.0 Å². The first-order valence-corrected chi connectivity index (χ1v) is 11.7. The number of imide groups is 1. The smallest absolute Gasteiger partial charge is 0.390 e. The van der Waals surface area contributed by atoms with E-state index in [1.165, 1.54) is 0 Å². The molecule has 3 amide bonds. The predicted molar refractivity (Wildman–Crippen MR) is 113 cm³/mol. The first kappa shape index (κ1) is 22.5. The number of carbonyl (C=O) groups is 2. The summed E-state index contributed by atoms with van der Waals surface area (Å²) >= 11 is 0. The summed E-state index contributed by atoms with van der Waals surface area (Å²) in [5.74, 6) is 0.595. The largest absolute Gasteiger partial charge is 0.493 e. The number of amides is 3. The van der Waals surface area contributed by atoms with Gasteiger partial charge in [0.25, 0.3) is 5.91 Å². The van der Waals surface area contributed by atoms with Gasteiger partial charge in [-0.15, -0.1) is 0 Å². The standard InChI is InChI=1S/C24H29F3N2O4/c1-32-17-6-8-22(9-7-17)13-16-4-5-18(33-14-15-2-3-15)12-19(16)24(22)20(30)29(21(31)28-24)11-10-23(25,26)27/h4-5,12,15,17H,2-3,6-11,13-14H2,1H3,(H,28,31). The molecule has 1 N–H and O–H groups in total. The SMILES string of the molecule is COC1CCC2(CC1)Cc1ccc(OCC3CC3)cc1C21NC(=O)N(CCC(F)(F)F)C1=O. The van der Waals surface area contributed by atoms with Crippen LogP contribution in [0, 0.1) is 11.3 Å². The van der Waals surface area contributed by atoms with E-state index in [9.17, 15) is 22.8 Å². The predicted octanol–water partition coefficient (Wildman–Crippen LogP) is 4.31. The van der Waals surface area contributed by atoms with Gasteiger partial charge in [-0.25, -0.2) is 4.79 Å². The van der Waals surface area contributed by atoms with Gasteiger partial charge in [-0.1, -0.05) is 6.07 Å². The van der Waals surface area contributed by atoms with Crippen LogP contribution in [0.2, 0.25) is 0 Å². The molecule has 3 aliphatic carbocycles. The molecule has 0 radical (unpaired) electrons. The number of nitrogens with one attached hydrogen (secondary N) is 1. The van der Waals surface area contributed by atoms with Gasteiger partial charge < -0.3 is 14.8 Å². The van der Waals surface area contributed by atoms with Crippen molar-refractivity contribution in [1.29, 1.82) is 0 Å². The lowest BCUT2D eigenvalue weighted by atomic mass is 9.61. The first-order valence-electron chi connectivity index (χ1n) is 11.7. The molecule has 1 unspecified atom stereocenters. The third kappa shape index (κ3) is 3.78. The number of methoxy groups -OCH3 is 1. The zero-order valence-electron chi connectivity index (χ0n) is 18.7. The minimum absolute atomic E-state index is 0.0716. The van der Waals surface area contributed by atoms with Gasteiger partial charge in [-0.3, -0.25) is 9.69 Å². The highest BCUT2D eigenvalue weighted by Crippen LogP contribution is 2.60. The monoisotopic (exact) mass is 466 g/mol. The number of carbonyl (C=O) groups excluding carboxylic acids is 2. The Morgan fingerprint density at radius 1 is 1.15 bits per heavy atom. The fraction of sp³-hybridized carbons (Fsp3) is 0.667. The molecule has 1 atom stereocenters. The van der Waals surface area contributed by atoms with Crippen molar-refractivity contribution in [2.75, 3.05) is 20.3 Å². The van der Waals surface area contributed by atoms with Gasteiger partial charge in [0.15, 0.2) is 5.54 Å². The van der Waals surface area contributed by atoms with Crippen LogP contribution in [0.5, 0.6) is 5.75 Å². The molecule has 3 fully saturated rings. The maximum atomic E-state index is 13.8. The van der Waals surface area contributed by atoms with Crippen LogP contribution in [0.3, 0.4) is 0 Å². The van der Waals surface area contributed by atoms with Gasteiger partial charge in [-0.05, 0) is 74.1 Å². The quantitative estimate of drug-likeness (QED) is 0.635. The molecule has 0 aromatic heterocycles. The molecule has 2 spiro atoms. The fourth-order valence-electron chi connectivity index (χ4n) is 5.92. The summed E-state index contributed by atoms with van der Waals surface area (Å²) in [6.07, 6.45) is -0.0207. The minimum atomic E-state index is -4.46. The number of ether oxygens (including phenoxy) is 2. The molecule has 1 aromatic carbocycles. The molecule has 2 saturated carbocycles. The second-order valence-corrected chi connectivity index (χ2v) is 9.97. The van der Waals surface area contributed by atoms with E-state index in [0.29, 0.717) is 43.1 Å². The van der Waals surface area contributed by atoms with E-state index in [2.05, 4.69) is 5.32 Å². The number of rotatable bonds is 6. The van der Waals surface area contributed by atoms with Crippen LogP contribution in [0.1, 0.15) is 56.1 Å². The number of alkyl halides is 3. The van der Waals surface area contributed by atoms with Crippen molar-refractivity contribution >= 4 is 11.9 Å². The highest BCUT2D eigenvalue weighted by Gasteiger charge is 2.68. The van der Waals surface area contributed by atoms with Crippen LogP contribution in [0.15, 0.2) is 18.2 Å². The highest BCUT2D eigenvalue weighted by atomic mass is 19.4. The maximum absolute atomic E-state index is 13.8. The summed E-state index contributed by atoms with van der Waals surface area (Å²) in [6.45, 7) is -0.0790. The van der Waals surface area contributed by atoms with E-state index >= 15 is 0 Å². The van der Waals surface area contributed by atoms with Crippen molar-refractivity contribution < 1.29 is 32.2 Å². The Kier molecular flexibility index (Phi) is 5.38. The Labute approximate surface area is 190 Å². The van der Waals surface area contributed by atoms with Gasteiger partial charge in [0, 0.05) is 19.1 Å². The van der Waals surface area contributed by atoms with Gasteiger partial charge >= 0.3 is 12.2 Å². The maximum Gasteiger partial charge on any atom is 0.390 e. The lowest BCUT2D eigenvalue weighted by molar-refractivity contribution is -0.146. The van der Waals surface area contributed by atoms with E-state index in [1.807, 2.05) is 18.2 Å². The number of hydrogen-bond donors (Lipinski definition) is 1. The van der Waals surface area contributed by atoms with E-state index in [4.69, 9.17) is 9.47 Å². The number of halogens is 3. The summed E-state index contributed by atoms with van der Waals surface area (Å²) in [6, 6.07) is 4.89. The zero-order chi connectivity index (χ0) is 23.4. The van der Waals surface area contributed by atoms with E-state index < -0.39 is 42.0 Å². The van der Waals surface area contributed by atoms with Gasteiger partial charge in [0.2, 0.25) is 0 Å². The van der Waals surface area contributed by atoms with Crippen LogP contribution in [0.25, 0.3) is 0 Å². The van der Waals surface area contributed by atoms with Crippen molar-refractivity contribution in [1.82, 2.24) is 10.2 Å². The lowest BCUT2D eigenvalue weighted by Crippen LogP contribution is -2.56. The normalized spacial score (nSPS) is 31.4. The Bertz CT molecular complexity index is 954. The molecule has 33 heavy (non-hydrogen) atoms. The van der Waals surface area contributed by atoms with E-state index in [1.54, 1.807) is 7.11 Å². The molecule has 0 bridgehead atoms. The molecule has 1 saturated heterocycles. The van der Waals surface area contributed by atoms with Crippen molar-refractivity contribution in [2.24, 2.45) is 11.3 Å². The fourth-order valence-corrected chi connectivity index (χ4v) is 5.92. The molecular weight excluding hydrogens is 437 g/mol. The Hall–Kier alpha value is -2.29. The molecule has 6 nitrogen and oxygen atoms in total. The highest BCUT2D eigenvalue weighted by molar-refractivity contribution is 6.09. The summed E-state index contributed by atoms with van der Waals surface area (Å²) in [5, 5.41) is 2.89. The molecule has 180 valence electrons. The third-order valence-electron chi connectivity index (χ3n) is 7.94. The second kappa shape index (κ2) is 7.89. The number of benzene rings is 1. The average Bonchev–Trinajstić information content (AvgIpc) is 3.52. The van der Waals surface area contributed by atoms with Crippen molar-refractivity contribution in [2.45, 2.75) is 69.2 Å². The van der Waals surface area contributed by atoms with Crippen LogP contribution < -0.4 is 10.1 Å². The van der Waals surface area contributed by atoms with Crippen LogP contribution >= 0.6 is 0 Å². The summed E-state index contributed by atoms with van der Waals surface area (Å²) in [5.41, 5.74) is -0.363. The van der Waals surface area contributed by atoms with Crippen LogP contribution in [-0.4, -0.2) is 49.4 Å².